The lowest BCUT2D eigenvalue weighted by atomic mass is 9.98. The molecule has 1 aromatic rings. The number of nitrogens with one attached hydrogen (secondary N) is 1. The number of sulfonamides is 1. The van der Waals surface area contributed by atoms with Crippen LogP contribution in [0, 0.1) is 0 Å². The molecule has 22 heavy (non-hydrogen) atoms. The van der Waals surface area contributed by atoms with Gasteiger partial charge in [-0.3, -0.25) is 0 Å². The molecule has 4 N–H and O–H groups in total. The highest BCUT2D eigenvalue weighted by molar-refractivity contribution is 7.89. The van der Waals surface area contributed by atoms with Crippen molar-refractivity contribution in [2.24, 2.45) is 5.73 Å². The van der Waals surface area contributed by atoms with Crippen molar-refractivity contribution in [2.45, 2.75) is 42.4 Å². The van der Waals surface area contributed by atoms with Crippen LogP contribution in [0.2, 0.25) is 5.02 Å². The van der Waals surface area contributed by atoms with E-state index in [1.165, 1.54) is 24.3 Å². The Kier molecular flexibility index (Phi) is 6.19. The third-order valence-corrected chi connectivity index (χ3v) is 5.47. The number of nitrogens with two attached hydrogens (primary N) is 1. The number of rotatable bonds is 6. The van der Waals surface area contributed by atoms with Crippen LogP contribution in [-0.2, 0) is 14.8 Å². The SMILES string of the molecule is NCC[C@H]1CC[C@@H](NS(=O)(=O)c2ccc(Cl)cc2)[C@H](CO)O1. The average Bonchev–Trinajstić information content (AvgIpc) is 2.49. The van der Waals surface area contributed by atoms with E-state index in [9.17, 15) is 13.5 Å². The van der Waals surface area contributed by atoms with Crippen molar-refractivity contribution in [2.75, 3.05) is 13.2 Å². The van der Waals surface area contributed by atoms with Gasteiger partial charge >= 0.3 is 0 Å². The summed E-state index contributed by atoms with van der Waals surface area (Å²) in [6, 6.07) is 5.47. The molecule has 1 heterocycles. The van der Waals surface area contributed by atoms with Gasteiger partial charge in [0, 0.05) is 5.02 Å². The molecule has 1 saturated heterocycles. The van der Waals surface area contributed by atoms with E-state index in [-0.39, 0.29) is 17.6 Å². The zero-order valence-electron chi connectivity index (χ0n) is 12.1. The van der Waals surface area contributed by atoms with Crippen LogP contribution in [0.3, 0.4) is 0 Å². The van der Waals surface area contributed by atoms with Crippen LogP contribution in [0.4, 0.5) is 0 Å². The smallest absolute Gasteiger partial charge is 0.240 e. The molecule has 6 nitrogen and oxygen atoms in total. The normalized spacial score (nSPS) is 26.0. The third kappa shape index (κ3) is 4.41. The van der Waals surface area contributed by atoms with E-state index in [4.69, 9.17) is 22.1 Å². The zero-order valence-corrected chi connectivity index (χ0v) is 13.7. The van der Waals surface area contributed by atoms with Gasteiger partial charge in [0.2, 0.25) is 10.0 Å². The van der Waals surface area contributed by atoms with E-state index in [1.54, 1.807) is 0 Å². The second-order valence-corrected chi connectivity index (χ2v) is 7.47. The van der Waals surface area contributed by atoms with Gasteiger partial charge in [-0.25, -0.2) is 13.1 Å². The molecule has 1 aliphatic rings. The van der Waals surface area contributed by atoms with Crippen LogP contribution in [0.15, 0.2) is 29.2 Å². The Labute approximate surface area is 135 Å². The first-order valence-electron chi connectivity index (χ1n) is 7.20. The Morgan fingerprint density at radius 3 is 2.59 bits per heavy atom. The molecule has 0 amide bonds. The number of hydrogen-bond donors (Lipinski definition) is 3. The molecule has 0 aliphatic carbocycles. The van der Waals surface area contributed by atoms with E-state index >= 15 is 0 Å². The molecular weight excluding hydrogens is 328 g/mol. The lowest BCUT2D eigenvalue weighted by Crippen LogP contribution is -2.51. The maximum Gasteiger partial charge on any atom is 0.240 e. The molecule has 0 spiro atoms. The van der Waals surface area contributed by atoms with Gasteiger partial charge in [-0.1, -0.05) is 11.6 Å². The summed E-state index contributed by atoms with van der Waals surface area (Å²) in [5.41, 5.74) is 5.51. The minimum absolute atomic E-state index is 0.0292. The maximum atomic E-state index is 12.4. The van der Waals surface area contributed by atoms with E-state index < -0.39 is 22.2 Å². The molecule has 1 fully saturated rings. The Hall–Kier alpha value is -0.700. The van der Waals surface area contributed by atoms with Crippen molar-refractivity contribution >= 4 is 21.6 Å². The van der Waals surface area contributed by atoms with E-state index in [0.717, 1.165) is 0 Å². The van der Waals surface area contributed by atoms with Gasteiger partial charge in [-0.15, -0.1) is 0 Å². The van der Waals surface area contributed by atoms with Crippen molar-refractivity contribution in [3.8, 4) is 0 Å². The predicted molar refractivity (Wildman–Crippen MR) is 84.2 cm³/mol. The van der Waals surface area contributed by atoms with E-state index in [2.05, 4.69) is 4.72 Å². The highest BCUT2D eigenvalue weighted by Crippen LogP contribution is 2.23. The fourth-order valence-corrected chi connectivity index (χ4v) is 3.97. The number of aliphatic hydroxyl groups excluding tert-OH is 1. The summed E-state index contributed by atoms with van der Waals surface area (Å²) in [6.45, 7) is 0.263. The molecule has 0 radical (unpaired) electrons. The predicted octanol–water partition coefficient (Wildman–Crippen LogP) is 0.876. The fourth-order valence-electron chi connectivity index (χ4n) is 2.55. The highest BCUT2D eigenvalue weighted by atomic mass is 35.5. The van der Waals surface area contributed by atoms with Gasteiger partial charge in [-0.2, -0.15) is 0 Å². The number of benzene rings is 1. The average molecular weight is 349 g/mol. The molecule has 0 saturated carbocycles. The Bertz CT molecular complexity index is 579. The van der Waals surface area contributed by atoms with E-state index in [0.29, 0.717) is 30.8 Å². The van der Waals surface area contributed by atoms with Crippen molar-refractivity contribution in [3.63, 3.8) is 0 Å². The molecule has 0 bridgehead atoms. The summed E-state index contributed by atoms with van der Waals surface area (Å²) in [5, 5.41) is 9.91. The second kappa shape index (κ2) is 7.72. The molecule has 1 aliphatic heterocycles. The summed E-state index contributed by atoms with van der Waals surface area (Å²) in [6.07, 6.45) is 1.42. The molecular formula is C14H21ClN2O4S. The first-order chi connectivity index (χ1) is 10.5. The highest BCUT2D eigenvalue weighted by Gasteiger charge is 2.33. The topological polar surface area (TPSA) is 102 Å². The maximum absolute atomic E-state index is 12.4. The Balaban J connectivity index is 2.07. The number of aliphatic hydroxyl groups is 1. The monoisotopic (exact) mass is 348 g/mol. The summed E-state index contributed by atoms with van der Waals surface area (Å²) in [7, 11) is -3.67. The fraction of sp³-hybridized carbons (Fsp3) is 0.571. The van der Waals surface area contributed by atoms with Gasteiger partial charge in [-0.05, 0) is 50.1 Å². The second-order valence-electron chi connectivity index (χ2n) is 5.32. The van der Waals surface area contributed by atoms with Crippen LogP contribution >= 0.6 is 11.6 Å². The van der Waals surface area contributed by atoms with Gasteiger partial charge in [0.1, 0.15) is 0 Å². The summed E-state index contributed by atoms with van der Waals surface area (Å²) >= 11 is 5.77. The summed E-state index contributed by atoms with van der Waals surface area (Å²) in [4.78, 5) is 0.137. The minimum Gasteiger partial charge on any atom is -0.394 e. The lowest BCUT2D eigenvalue weighted by Gasteiger charge is -2.35. The molecule has 3 atom stereocenters. The number of hydrogen-bond acceptors (Lipinski definition) is 5. The van der Waals surface area contributed by atoms with Crippen LogP contribution in [-0.4, -0.2) is 44.9 Å². The Morgan fingerprint density at radius 1 is 1.32 bits per heavy atom. The van der Waals surface area contributed by atoms with Crippen molar-refractivity contribution < 1.29 is 18.3 Å². The molecule has 8 heteroatoms. The van der Waals surface area contributed by atoms with Gasteiger partial charge in [0.25, 0.3) is 0 Å². The third-order valence-electron chi connectivity index (χ3n) is 3.71. The van der Waals surface area contributed by atoms with Gasteiger partial charge in [0.15, 0.2) is 0 Å². The Morgan fingerprint density at radius 2 is 2.00 bits per heavy atom. The summed E-state index contributed by atoms with van der Waals surface area (Å²) < 4.78 is 33.1. The van der Waals surface area contributed by atoms with Gasteiger partial charge < -0.3 is 15.6 Å². The quantitative estimate of drug-likeness (QED) is 0.708. The lowest BCUT2D eigenvalue weighted by molar-refractivity contribution is -0.0867. The number of ether oxygens (including phenoxy) is 1. The van der Waals surface area contributed by atoms with Gasteiger partial charge in [0.05, 0.1) is 29.8 Å². The van der Waals surface area contributed by atoms with Crippen molar-refractivity contribution in [1.29, 1.82) is 0 Å². The standard InChI is InChI=1S/C14H21ClN2O4S/c15-10-1-4-12(5-2-10)22(19,20)17-13-6-3-11(7-8-16)21-14(13)9-18/h1-2,4-5,11,13-14,17-18H,3,6-9,16H2/t11-,13-,14+/m1/s1. The molecule has 0 unspecified atom stereocenters. The molecule has 124 valence electrons. The van der Waals surface area contributed by atoms with Crippen molar-refractivity contribution in [3.05, 3.63) is 29.3 Å². The molecule has 0 aromatic heterocycles. The first-order valence-corrected chi connectivity index (χ1v) is 9.06. The molecule has 2 rings (SSSR count). The minimum atomic E-state index is -3.67. The first kappa shape index (κ1) is 17.7. The van der Waals surface area contributed by atoms with Crippen LogP contribution in [0.5, 0.6) is 0 Å². The molecule has 1 aromatic carbocycles. The number of halogens is 1. The largest absolute Gasteiger partial charge is 0.394 e. The van der Waals surface area contributed by atoms with Crippen LogP contribution in [0.1, 0.15) is 19.3 Å². The summed E-state index contributed by atoms with van der Waals surface area (Å²) in [5.74, 6) is 0. The zero-order chi connectivity index (χ0) is 16.2. The van der Waals surface area contributed by atoms with Crippen molar-refractivity contribution in [1.82, 2.24) is 4.72 Å². The van der Waals surface area contributed by atoms with Crippen LogP contribution < -0.4 is 10.5 Å². The van der Waals surface area contributed by atoms with E-state index in [1.807, 2.05) is 0 Å². The van der Waals surface area contributed by atoms with Crippen LogP contribution in [0.25, 0.3) is 0 Å².